The van der Waals surface area contributed by atoms with Gasteiger partial charge in [0.05, 0.1) is 25.6 Å². The van der Waals surface area contributed by atoms with Crippen LogP contribution in [0.1, 0.15) is 11.1 Å². The number of ether oxygens (including phenoxy) is 2. The number of carbonyl (C=O) groups excluding carboxylic acids is 2. The quantitative estimate of drug-likeness (QED) is 0.172. The number of rotatable bonds is 6. The number of thiocarbonyl (C=S) groups is 1. The molecule has 1 saturated heterocycles. The lowest BCUT2D eigenvalue weighted by Crippen LogP contribution is -2.57. The molecule has 0 aliphatic carbocycles. The molecule has 2 heterocycles. The highest BCUT2D eigenvalue weighted by molar-refractivity contribution is 7.81. The van der Waals surface area contributed by atoms with Crippen LogP contribution in [0.5, 0.6) is 11.5 Å². The van der Waals surface area contributed by atoms with Crippen molar-refractivity contribution in [1.82, 2.24) is 4.98 Å². The van der Waals surface area contributed by atoms with E-state index in [1.54, 1.807) is 37.5 Å². The molecule has 1 aliphatic rings. The number of nitrogens with zero attached hydrogens (tertiary/aromatic N) is 3. The SMILES string of the molecule is COc1ccc(/C=C2/C(=O)N(c3nc(-c4ccccc4)cs3)C(=S)N(c3ccccc3C)C2=O)cc1OC. The third-order valence-electron chi connectivity index (χ3n) is 6.08. The highest BCUT2D eigenvalue weighted by atomic mass is 32.1. The molecule has 0 N–H and O–H groups in total. The van der Waals surface area contributed by atoms with Crippen LogP contribution in [0.25, 0.3) is 17.3 Å². The van der Waals surface area contributed by atoms with Crippen molar-refractivity contribution in [3.05, 3.63) is 94.9 Å². The first kappa shape index (κ1) is 25.3. The first-order valence-electron chi connectivity index (χ1n) is 11.7. The summed E-state index contributed by atoms with van der Waals surface area (Å²) in [5.41, 5.74) is 3.61. The number of thiazole rings is 1. The second kappa shape index (κ2) is 10.6. The van der Waals surface area contributed by atoms with Crippen LogP contribution >= 0.6 is 23.6 Å². The molecule has 0 radical (unpaired) electrons. The van der Waals surface area contributed by atoms with Crippen LogP contribution in [0.2, 0.25) is 0 Å². The lowest BCUT2D eigenvalue weighted by Gasteiger charge is -2.35. The molecule has 1 fully saturated rings. The number of amides is 2. The maximum Gasteiger partial charge on any atom is 0.272 e. The zero-order chi connectivity index (χ0) is 26.8. The molecule has 5 rings (SSSR count). The second-order valence-corrected chi connectivity index (χ2v) is 9.61. The summed E-state index contributed by atoms with van der Waals surface area (Å²) in [4.78, 5) is 35.1. The zero-order valence-electron chi connectivity index (χ0n) is 20.9. The number of anilines is 2. The van der Waals surface area contributed by atoms with Gasteiger partial charge in [0.15, 0.2) is 21.7 Å². The van der Waals surface area contributed by atoms with E-state index in [1.165, 1.54) is 28.2 Å². The Hall–Kier alpha value is -4.34. The average Bonchev–Trinajstić information content (AvgIpc) is 3.42. The Kier molecular flexibility index (Phi) is 7.04. The molecule has 4 aromatic rings. The third-order valence-corrected chi connectivity index (χ3v) is 7.27. The highest BCUT2D eigenvalue weighted by Gasteiger charge is 2.42. The summed E-state index contributed by atoms with van der Waals surface area (Å²) >= 11 is 7.04. The number of benzene rings is 3. The Labute approximate surface area is 229 Å². The van der Waals surface area contributed by atoms with Crippen LogP contribution in [0, 0.1) is 6.92 Å². The van der Waals surface area contributed by atoms with Crippen LogP contribution in [0.3, 0.4) is 0 Å². The smallest absolute Gasteiger partial charge is 0.272 e. The summed E-state index contributed by atoms with van der Waals surface area (Å²) < 4.78 is 10.7. The third kappa shape index (κ3) is 4.57. The van der Waals surface area contributed by atoms with Gasteiger partial charge in [0.25, 0.3) is 11.8 Å². The number of hydrogen-bond acceptors (Lipinski definition) is 7. The Morgan fingerprint density at radius 1 is 0.868 bits per heavy atom. The Balaban J connectivity index is 1.64. The van der Waals surface area contributed by atoms with E-state index in [0.29, 0.717) is 33.6 Å². The van der Waals surface area contributed by atoms with Crippen molar-refractivity contribution in [2.75, 3.05) is 24.0 Å². The molecule has 2 amide bonds. The minimum atomic E-state index is -0.548. The van der Waals surface area contributed by atoms with E-state index >= 15 is 0 Å². The normalized spacial score (nSPS) is 14.8. The maximum absolute atomic E-state index is 13.9. The van der Waals surface area contributed by atoms with Crippen molar-refractivity contribution >= 4 is 57.4 Å². The average molecular weight is 542 g/mol. The van der Waals surface area contributed by atoms with Crippen molar-refractivity contribution in [2.45, 2.75) is 6.92 Å². The van der Waals surface area contributed by atoms with Crippen LogP contribution in [0.15, 0.2) is 83.7 Å². The number of hydrogen-bond donors (Lipinski definition) is 0. The monoisotopic (exact) mass is 541 g/mol. The van der Waals surface area contributed by atoms with Gasteiger partial charge < -0.3 is 9.47 Å². The fraction of sp³-hybridized carbons (Fsp3) is 0.103. The van der Waals surface area contributed by atoms with Gasteiger partial charge in [-0.1, -0.05) is 54.6 Å². The molecule has 0 bridgehead atoms. The first-order chi connectivity index (χ1) is 18.4. The standard InChI is InChI=1S/C29H23N3O4S2/c1-18-9-7-8-12-23(18)31-26(33)21(15-19-13-14-24(35-2)25(16-19)36-3)27(34)32(29(31)37)28-30-22(17-38-28)20-10-5-4-6-11-20/h4-17H,1-3H3/b21-15+. The Bertz CT molecular complexity index is 1580. The van der Waals surface area contributed by atoms with Crippen LogP contribution in [-0.2, 0) is 9.59 Å². The topological polar surface area (TPSA) is 72.0 Å². The predicted octanol–water partition coefficient (Wildman–Crippen LogP) is 5.88. The molecule has 1 aliphatic heterocycles. The number of aryl methyl sites for hydroxylation is 1. The van der Waals surface area contributed by atoms with Gasteiger partial charge >= 0.3 is 0 Å². The molecule has 190 valence electrons. The first-order valence-corrected chi connectivity index (χ1v) is 12.9. The van der Waals surface area contributed by atoms with Crippen molar-refractivity contribution in [3.8, 4) is 22.8 Å². The molecule has 0 unspecified atom stereocenters. The highest BCUT2D eigenvalue weighted by Crippen LogP contribution is 2.35. The van der Waals surface area contributed by atoms with Crippen molar-refractivity contribution in [1.29, 1.82) is 0 Å². The molecule has 3 aromatic carbocycles. The molecule has 0 spiro atoms. The maximum atomic E-state index is 13.9. The van der Waals surface area contributed by atoms with E-state index in [4.69, 9.17) is 26.7 Å². The number of para-hydroxylation sites is 1. The molecule has 0 saturated carbocycles. The zero-order valence-corrected chi connectivity index (χ0v) is 22.5. The number of carbonyl (C=O) groups is 2. The molecular weight excluding hydrogens is 518 g/mol. The van der Waals surface area contributed by atoms with E-state index in [-0.39, 0.29) is 10.7 Å². The van der Waals surface area contributed by atoms with Gasteiger partial charge in [0.1, 0.15) is 5.57 Å². The van der Waals surface area contributed by atoms with Gasteiger partial charge in [-0.3, -0.25) is 14.5 Å². The fourth-order valence-electron chi connectivity index (χ4n) is 4.14. The molecule has 7 nitrogen and oxygen atoms in total. The lowest BCUT2D eigenvalue weighted by atomic mass is 10.0. The van der Waals surface area contributed by atoms with E-state index in [9.17, 15) is 9.59 Å². The molecule has 1 aromatic heterocycles. The predicted molar refractivity (Wildman–Crippen MR) is 154 cm³/mol. The van der Waals surface area contributed by atoms with Gasteiger partial charge in [-0.05, 0) is 54.5 Å². The van der Waals surface area contributed by atoms with Gasteiger partial charge in [0, 0.05) is 10.9 Å². The van der Waals surface area contributed by atoms with Gasteiger partial charge in [0.2, 0.25) is 0 Å². The molecule has 9 heteroatoms. The fourth-order valence-corrected chi connectivity index (χ4v) is 5.38. The van der Waals surface area contributed by atoms with Gasteiger partial charge in [-0.15, -0.1) is 11.3 Å². The number of methoxy groups -OCH3 is 2. The molecule has 38 heavy (non-hydrogen) atoms. The van der Waals surface area contributed by atoms with Crippen molar-refractivity contribution < 1.29 is 19.1 Å². The van der Waals surface area contributed by atoms with Crippen LogP contribution in [0.4, 0.5) is 10.8 Å². The van der Waals surface area contributed by atoms with Crippen molar-refractivity contribution in [2.24, 2.45) is 0 Å². The molecule has 0 atom stereocenters. The van der Waals surface area contributed by atoms with E-state index in [1.807, 2.05) is 60.8 Å². The Morgan fingerprint density at radius 2 is 1.55 bits per heavy atom. The van der Waals surface area contributed by atoms with Crippen LogP contribution < -0.4 is 19.3 Å². The van der Waals surface area contributed by atoms with E-state index in [2.05, 4.69) is 0 Å². The minimum Gasteiger partial charge on any atom is -0.493 e. The lowest BCUT2D eigenvalue weighted by molar-refractivity contribution is -0.120. The summed E-state index contributed by atoms with van der Waals surface area (Å²) in [6, 6.07) is 22.2. The van der Waals surface area contributed by atoms with E-state index < -0.39 is 11.8 Å². The molecular formula is C29H23N3O4S2. The van der Waals surface area contributed by atoms with Crippen LogP contribution in [-0.4, -0.2) is 36.1 Å². The minimum absolute atomic E-state index is 0.0488. The second-order valence-electron chi connectivity index (χ2n) is 8.40. The summed E-state index contributed by atoms with van der Waals surface area (Å²) in [5.74, 6) is -0.0432. The summed E-state index contributed by atoms with van der Waals surface area (Å²) in [7, 11) is 3.07. The Morgan fingerprint density at radius 3 is 2.26 bits per heavy atom. The summed E-state index contributed by atoms with van der Waals surface area (Å²) in [6.07, 6.45) is 1.54. The van der Waals surface area contributed by atoms with Gasteiger partial charge in [-0.2, -0.15) is 0 Å². The largest absolute Gasteiger partial charge is 0.493 e. The summed E-state index contributed by atoms with van der Waals surface area (Å²) in [5, 5.41) is 2.29. The summed E-state index contributed by atoms with van der Waals surface area (Å²) in [6.45, 7) is 1.89. The number of aromatic nitrogens is 1. The van der Waals surface area contributed by atoms with Gasteiger partial charge in [-0.25, -0.2) is 9.88 Å². The van der Waals surface area contributed by atoms with Crippen molar-refractivity contribution in [3.63, 3.8) is 0 Å². The van der Waals surface area contributed by atoms with E-state index in [0.717, 1.165) is 11.1 Å².